The molecule has 3 aliphatic rings. The lowest BCUT2D eigenvalue weighted by Crippen LogP contribution is -2.43. The number of ether oxygens (including phenoxy) is 3. The van der Waals surface area contributed by atoms with E-state index in [1.165, 1.54) is 0 Å². The molecule has 4 heterocycles. The molecule has 2 fully saturated rings. The van der Waals surface area contributed by atoms with Gasteiger partial charge >= 0.3 is 0 Å². The molecule has 8 heteroatoms. The molecule has 5 rings (SSSR count). The number of aliphatic hydroxyl groups excluding tert-OH is 1. The Hall–Kier alpha value is -2.58. The maximum absolute atomic E-state index is 10.8. The first kappa shape index (κ1) is 17.5. The molecule has 2 atom stereocenters. The molecular weight excluding hydrogens is 360 g/mol. The summed E-state index contributed by atoms with van der Waals surface area (Å²) in [5.74, 6) is 3.39. The van der Waals surface area contributed by atoms with Crippen LogP contribution in [0.5, 0.6) is 11.5 Å². The number of morpholine rings is 1. The fraction of sp³-hybridized carbons (Fsp3) is 0.500. The van der Waals surface area contributed by atoms with Gasteiger partial charge in [0.25, 0.3) is 0 Å². The molecule has 8 nitrogen and oxygen atoms in total. The minimum Gasteiger partial charge on any atom is -0.454 e. The standard InChI is InChI=1S/C20H24N4O4/c25-16-11-24(20-10-19(21-12-22-20)23-5-7-26-8-6-23)4-3-15(16)14-1-2-17-18(9-14)28-13-27-17/h1-2,9-10,12,15-16,25H,3-8,11,13H2/t15-,16+/m0/s1. The van der Waals surface area contributed by atoms with Gasteiger partial charge in [0.05, 0.1) is 19.3 Å². The van der Waals surface area contributed by atoms with E-state index in [0.717, 1.165) is 68.0 Å². The van der Waals surface area contributed by atoms with Crippen molar-refractivity contribution in [2.45, 2.75) is 18.4 Å². The number of anilines is 2. The van der Waals surface area contributed by atoms with Gasteiger partial charge in [-0.05, 0) is 24.1 Å². The van der Waals surface area contributed by atoms with E-state index in [0.29, 0.717) is 6.54 Å². The summed E-state index contributed by atoms with van der Waals surface area (Å²) >= 11 is 0. The molecule has 1 aromatic carbocycles. The van der Waals surface area contributed by atoms with Crippen LogP contribution in [-0.4, -0.2) is 67.4 Å². The van der Waals surface area contributed by atoms with Crippen molar-refractivity contribution in [3.63, 3.8) is 0 Å². The molecule has 148 valence electrons. The predicted octanol–water partition coefficient (Wildman–Crippen LogP) is 1.40. The first-order chi connectivity index (χ1) is 13.8. The summed E-state index contributed by atoms with van der Waals surface area (Å²) in [5.41, 5.74) is 1.09. The third kappa shape index (κ3) is 3.33. The summed E-state index contributed by atoms with van der Waals surface area (Å²) in [5, 5.41) is 10.8. The Morgan fingerprint density at radius 1 is 0.929 bits per heavy atom. The molecule has 0 spiro atoms. The maximum atomic E-state index is 10.8. The summed E-state index contributed by atoms with van der Waals surface area (Å²) in [6.45, 7) is 4.75. The van der Waals surface area contributed by atoms with Crippen LogP contribution in [0.25, 0.3) is 0 Å². The smallest absolute Gasteiger partial charge is 0.231 e. The highest BCUT2D eigenvalue weighted by molar-refractivity contribution is 5.51. The second kappa shape index (κ2) is 7.44. The van der Waals surface area contributed by atoms with Crippen molar-refractivity contribution in [3.8, 4) is 11.5 Å². The summed E-state index contributed by atoms with van der Waals surface area (Å²) < 4.78 is 16.3. The van der Waals surface area contributed by atoms with Gasteiger partial charge in [-0.1, -0.05) is 6.07 Å². The van der Waals surface area contributed by atoms with Crippen LogP contribution in [0.1, 0.15) is 17.9 Å². The fourth-order valence-corrected chi connectivity index (χ4v) is 4.15. The van der Waals surface area contributed by atoms with Crippen molar-refractivity contribution in [2.24, 2.45) is 0 Å². The summed E-state index contributed by atoms with van der Waals surface area (Å²) in [7, 11) is 0. The van der Waals surface area contributed by atoms with Crippen molar-refractivity contribution in [2.75, 3.05) is 56.0 Å². The second-order valence-electron chi connectivity index (χ2n) is 7.36. The van der Waals surface area contributed by atoms with Crippen LogP contribution in [0.15, 0.2) is 30.6 Å². The molecule has 0 amide bonds. The van der Waals surface area contributed by atoms with Gasteiger partial charge in [-0.2, -0.15) is 0 Å². The van der Waals surface area contributed by atoms with E-state index in [1.54, 1.807) is 6.33 Å². The van der Waals surface area contributed by atoms with E-state index in [-0.39, 0.29) is 12.7 Å². The van der Waals surface area contributed by atoms with Gasteiger partial charge in [0, 0.05) is 38.2 Å². The molecule has 3 aliphatic heterocycles. The highest BCUT2D eigenvalue weighted by atomic mass is 16.7. The number of fused-ring (bicyclic) bond motifs is 1. The molecule has 2 saturated heterocycles. The molecule has 0 bridgehead atoms. The lowest BCUT2D eigenvalue weighted by Gasteiger charge is -2.37. The summed E-state index contributed by atoms with van der Waals surface area (Å²) in [6.07, 6.45) is 1.98. The maximum Gasteiger partial charge on any atom is 0.231 e. The van der Waals surface area contributed by atoms with Crippen LogP contribution in [0, 0.1) is 0 Å². The Bertz CT molecular complexity index is 843. The van der Waals surface area contributed by atoms with E-state index in [9.17, 15) is 5.11 Å². The Morgan fingerprint density at radius 2 is 1.71 bits per heavy atom. The van der Waals surface area contributed by atoms with Gasteiger partial charge in [0.1, 0.15) is 18.0 Å². The zero-order valence-electron chi connectivity index (χ0n) is 15.7. The first-order valence-corrected chi connectivity index (χ1v) is 9.75. The summed E-state index contributed by atoms with van der Waals surface area (Å²) in [6, 6.07) is 7.96. The van der Waals surface area contributed by atoms with Crippen molar-refractivity contribution in [1.82, 2.24) is 9.97 Å². The highest BCUT2D eigenvalue weighted by Crippen LogP contribution is 2.38. The Kier molecular flexibility index (Phi) is 4.66. The van der Waals surface area contributed by atoms with Crippen LogP contribution >= 0.6 is 0 Å². The van der Waals surface area contributed by atoms with Crippen molar-refractivity contribution in [3.05, 3.63) is 36.2 Å². The zero-order valence-corrected chi connectivity index (χ0v) is 15.7. The van der Waals surface area contributed by atoms with E-state index in [4.69, 9.17) is 14.2 Å². The SMILES string of the molecule is O[C@@H]1CN(c2cc(N3CCOCC3)ncn2)CC[C@H]1c1ccc2c(c1)OCO2. The number of hydrogen-bond donors (Lipinski definition) is 1. The van der Waals surface area contributed by atoms with E-state index < -0.39 is 6.10 Å². The van der Waals surface area contributed by atoms with Crippen molar-refractivity contribution in [1.29, 1.82) is 0 Å². The fourth-order valence-electron chi connectivity index (χ4n) is 4.15. The lowest BCUT2D eigenvalue weighted by molar-refractivity contribution is 0.122. The molecule has 2 aromatic rings. The Morgan fingerprint density at radius 3 is 2.54 bits per heavy atom. The van der Waals surface area contributed by atoms with Crippen LogP contribution in [0.3, 0.4) is 0 Å². The molecule has 28 heavy (non-hydrogen) atoms. The number of nitrogens with zero attached hydrogens (tertiary/aromatic N) is 4. The number of piperidine rings is 1. The van der Waals surface area contributed by atoms with Gasteiger partial charge in [0.2, 0.25) is 6.79 Å². The lowest BCUT2D eigenvalue weighted by atomic mass is 9.87. The second-order valence-corrected chi connectivity index (χ2v) is 7.36. The molecule has 1 aromatic heterocycles. The third-order valence-electron chi connectivity index (χ3n) is 5.70. The molecule has 0 radical (unpaired) electrons. The average Bonchev–Trinajstić information content (AvgIpc) is 3.22. The van der Waals surface area contributed by atoms with E-state index in [2.05, 4.69) is 19.8 Å². The highest BCUT2D eigenvalue weighted by Gasteiger charge is 2.31. The summed E-state index contributed by atoms with van der Waals surface area (Å²) in [4.78, 5) is 13.2. The van der Waals surface area contributed by atoms with Crippen molar-refractivity contribution < 1.29 is 19.3 Å². The quantitative estimate of drug-likeness (QED) is 0.851. The molecule has 0 unspecified atom stereocenters. The van der Waals surface area contributed by atoms with Gasteiger partial charge in [0.15, 0.2) is 11.5 Å². The molecule has 0 aliphatic carbocycles. The number of benzene rings is 1. The number of hydrogen-bond acceptors (Lipinski definition) is 8. The Balaban J connectivity index is 1.29. The first-order valence-electron chi connectivity index (χ1n) is 9.75. The van der Waals surface area contributed by atoms with Gasteiger partial charge in [-0.15, -0.1) is 0 Å². The number of rotatable bonds is 3. The van der Waals surface area contributed by atoms with Crippen LogP contribution < -0.4 is 19.3 Å². The normalized spacial score (nSPS) is 24.5. The molecule has 1 N–H and O–H groups in total. The van der Waals surface area contributed by atoms with Gasteiger partial charge < -0.3 is 29.1 Å². The predicted molar refractivity (Wildman–Crippen MR) is 103 cm³/mol. The number of β-amino-alcohol motifs (C(OH)–C–C–N with tert-alkyl or cyclic N) is 1. The molecular formula is C20H24N4O4. The topological polar surface area (TPSA) is 80.2 Å². The van der Waals surface area contributed by atoms with E-state index >= 15 is 0 Å². The van der Waals surface area contributed by atoms with Crippen molar-refractivity contribution >= 4 is 11.6 Å². The van der Waals surface area contributed by atoms with Crippen LogP contribution in [-0.2, 0) is 4.74 Å². The average molecular weight is 384 g/mol. The number of aromatic nitrogens is 2. The Labute approximate surface area is 163 Å². The number of aliphatic hydroxyl groups is 1. The third-order valence-corrected chi connectivity index (χ3v) is 5.70. The minimum absolute atomic E-state index is 0.0753. The van der Waals surface area contributed by atoms with Gasteiger partial charge in [-0.25, -0.2) is 9.97 Å². The largest absolute Gasteiger partial charge is 0.454 e. The molecule has 0 saturated carbocycles. The van der Waals surface area contributed by atoms with E-state index in [1.807, 2.05) is 24.3 Å². The van der Waals surface area contributed by atoms with Crippen LogP contribution in [0.4, 0.5) is 11.6 Å². The minimum atomic E-state index is -0.476. The van der Waals surface area contributed by atoms with Crippen LogP contribution in [0.2, 0.25) is 0 Å². The monoisotopic (exact) mass is 384 g/mol. The zero-order chi connectivity index (χ0) is 18.9. The van der Waals surface area contributed by atoms with Gasteiger partial charge in [-0.3, -0.25) is 0 Å².